The Morgan fingerprint density at radius 3 is 2.59 bits per heavy atom. The number of aromatic hydroxyl groups is 1. The summed E-state index contributed by atoms with van der Waals surface area (Å²) in [7, 11) is 3.21. The van der Waals surface area contributed by atoms with Gasteiger partial charge in [0.05, 0.1) is 20.4 Å². The highest BCUT2D eigenvalue weighted by Gasteiger charge is 2.25. The predicted octanol–water partition coefficient (Wildman–Crippen LogP) is 3.97. The Hall–Kier alpha value is -3.80. The second-order valence-electron chi connectivity index (χ2n) is 6.55. The topological polar surface area (TPSA) is 77.8 Å². The summed E-state index contributed by atoms with van der Waals surface area (Å²) in [5.74, 6) is 2.22. The van der Waals surface area contributed by atoms with E-state index in [9.17, 15) is 5.11 Å². The van der Waals surface area contributed by atoms with Crippen molar-refractivity contribution in [2.75, 3.05) is 19.5 Å². The van der Waals surface area contributed by atoms with Crippen molar-refractivity contribution in [1.29, 1.82) is 0 Å². The summed E-state index contributed by atoms with van der Waals surface area (Å²) in [6, 6.07) is 18.8. The zero-order chi connectivity index (χ0) is 20.2. The second-order valence-corrected chi connectivity index (χ2v) is 6.55. The fourth-order valence-corrected chi connectivity index (χ4v) is 3.39. The van der Waals surface area contributed by atoms with Crippen LogP contribution in [0.1, 0.15) is 17.2 Å². The third-order valence-electron chi connectivity index (χ3n) is 4.84. The number of rotatable bonds is 6. The molecule has 6 nitrogen and oxygen atoms in total. The van der Waals surface area contributed by atoms with Gasteiger partial charge in [-0.05, 0) is 30.3 Å². The largest absolute Gasteiger partial charge is 0.505 e. The van der Waals surface area contributed by atoms with E-state index in [-0.39, 0.29) is 11.8 Å². The number of nitrogens with one attached hydrogen (secondary N) is 2. The maximum absolute atomic E-state index is 11.0. The highest BCUT2D eigenvalue weighted by molar-refractivity contribution is 5.86. The molecule has 146 valence electrons. The molecule has 4 rings (SSSR count). The number of pyridine rings is 2. The van der Waals surface area contributed by atoms with Gasteiger partial charge in [-0.2, -0.15) is 0 Å². The Balaban J connectivity index is 1.86. The molecule has 0 aliphatic carbocycles. The predicted molar refractivity (Wildman–Crippen MR) is 111 cm³/mol. The molecule has 3 N–H and O–H groups in total. The van der Waals surface area contributed by atoms with Gasteiger partial charge in [0.1, 0.15) is 17.3 Å². The molecular formula is C23H22N3O3+. The number of H-pyrrole nitrogens is 1. The molecular weight excluding hydrogens is 366 g/mol. The minimum absolute atomic E-state index is 0.145. The fourth-order valence-electron chi connectivity index (χ4n) is 3.39. The lowest BCUT2D eigenvalue weighted by atomic mass is 9.95. The minimum Gasteiger partial charge on any atom is -0.505 e. The van der Waals surface area contributed by atoms with Crippen molar-refractivity contribution in [3.05, 3.63) is 84.2 Å². The van der Waals surface area contributed by atoms with Crippen LogP contribution in [0.15, 0.2) is 73.1 Å². The van der Waals surface area contributed by atoms with Gasteiger partial charge in [-0.15, -0.1) is 0 Å². The number of phenols is 1. The lowest BCUT2D eigenvalue weighted by Crippen LogP contribution is -2.19. The van der Waals surface area contributed by atoms with Gasteiger partial charge >= 0.3 is 0 Å². The van der Waals surface area contributed by atoms with E-state index in [0.29, 0.717) is 22.6 Å². The van der Waals surface area contributed by atoms with Gasteiger partial charge in [-0.3, -0.25) is 10.3 Å². The number of fused-ring (bicyclic) bond motifs is 1. The lowest BCUT2D eigenvalue weighted by Gasteiger charge is -2.19. The number of aromatic amines is 1. The van der Waals surface area contributed by atoms with Crippen LogP contribution in [0.3, 0.4) is 0 Å². The molecule has 0 unspecified atom stereocenters. The first-order valence-electron chi connectivity index (χ1n) is 9.23. The van der Waals surface area contributed by atoms with Crippen LogP contribution in [-0.2, 0) is 0 Å². The molecule has 2 heterocycles. The molecule has 0 bridgehead atoms. The Labute approximate surface area is 168 Å². The number of benzene rings is 2. The maximum Gasteiger partial charge on any atom is 0.272 e. The van der Waals surface area contributed by atoms with Gasteiger partial charge in [0.15, 0.2) is 11.5 Å². The number of nitrogens with zero attached hydrogens (tertiary/aromatic N) is 1. The first-order chi connectivity index (χ1) is 14.2. The maximum atomic E-state index is 11.0. The smallest absolute Gasteiger partial charge is 0.272 e. The van der Waals surface area contributed by atoms with E-state index in [1.54, 1.807) is 20.4 Å². The average molecular weight is 388 g/mol. The number of phenolic OH excluding ortho intramolecular Hbond substituents is 1. The van der Waals surface area contributed by atoms with Crippen LogP contribution in [0.25, 0.3) is 10.9 Å². The van der Waals surface area contributed by atoms with E-state index < -0.39 is 0 Å². The van der Waals surface area contributed by atoms with Crippen LogP contribution in [-0.4, -0.2) is 24.3 Å². The Kier molecular flexibility index (Phi) is 5.16. The number of methoxy groups -OCH3 is 2. The minimum atomic E-state index is -0.347. The van der Waals surface area contributed by atoms with Gasteiger partial charge in [-0.25, -0.2) is 4.98 Å². The van der Waals surface area contributed by atoms with Crippen molar-refractivity contribution >= 4 is 16.7 Å². The van der Waals surface area contributed by atoms with Gasteiger partial charge in [0.25, 0.3) is 5.82 Å². The molecule has 0 radical (unpaired) electrons. The van der Waals surface area contributed by atoms with Gasteiger partial charge in [-0.1, -0.05) is 24.3 Å². The highest BCUT2D eigenvalue weighted by Crippen LogP contribution is 2.38. The summed E-state index contributed by atoms with van der Waals surface area (Å²) in [5.41, 5.74) is 2.18. The molecule has 0 fully saturated rings. The van der Waals surface area contributed by atoms with Crippen LogP contribution in [0.5, 0.6) is 17.2 Å². The van der Waals surface area contributed by atoms with Crippen molar-refractivity contribution in [1.82, 2.24) is 4.98 Å². The second kappa shape index (κ2) is 8.06. The lowest BCUT2D eigenvalue weighted by molar-refractivity contribution is -0.361. The summed E-state index contributed by atoms with van der Waals surface area (Å²) in [5, 5.41) is 15.4. The van der Waals surface area contributed by atoms with Crippen molar-refractivity contribution in [3.63, 3.8) is 0 Å². The SMILES string of the molecule is COc1ccc([C@H](Nc2cccc[nH+]2)c2ccc3cccnc3c2O)cc1OC. The van der Waals surface area contributed by atoms with E-state index in [1.807, 2.05) is 66.9 Å². The Morgan fingerprint density at radius 2 is 1.83 bits per heavy atom. The summed E-state index contributed by atoms with van der Waals surface area (Å²) < 4.78 is 10.8. The van der Waals surface area contributed by atoms with E-state index in [2.05, 4.69) is 15.3 Å². The van der Waals surface area contributed by atoms with Gasteiger partial charge < -0.3 is 14.6 Å². The van der Waals surface area contributed by atoms with Crippen molar-refractivity contribution in [2.45, 2.75) is 6.04 Å². The van der Waals surface area contributed by atoms with Crippen molar-refractivity contribution in [3.8, 4) is 17.2 Å². The molecule has 29 heavy (non-hydrogen) atoms. The highest BCUT2D eigenvalue weighted by atomic mass is 16.5. The molecule has 0 saturated carbocycles. The van der Waals surface area contributed by atoms with Crippen LogP contribution in [0, 0.1) is 0 Å². The quantitative estimate of drug-likeness (QED) is 0.523. The van der Waals surface area contributed by atoms with Crippen LogP contribution < -0.4 is 19.8 Å². The number of hydrogen-bond donors (Lipinski definition) is 2. The van der Waals surface area contributed by atoms with Crippen LogP contribution >= 0.6 is 0 Å². The molecule has 0 aliphatic heterocycles. The zero-order valence-corrected chi connectivity index (χ0v) is 16.2. The van der Waals surface area contributed by atoms with E-state index in [4.69, 9.17) is 9.47 Å². The standard InChI is InChI=1S/C23H21N3O3/c1-28-18-11-9-16(14-19(18)29-2)21(26-20-7-3-4-12-24-20)17-10-8-15-6-5-13-25-22(15)23(17)27/h3-14,21,27H,1-2H3,(H,24,26)/p+1/t21-/m0/s1. The molecule has 0 saturated heterocycles. The molecule has 4 aromatic rings. The molecule has 0 spiro atoms. The normalized spacial score (nSPS) is 11.8. The van der Waals surface area contributed by atoms with Gasteiger partial charge in [0.2, 0.25) is 0 Å². The number of ether oxygens (including phenoxy) is 2. The van der Waals surface area contributed by atoms with E-state index >= 15 is 0 Å². The van der Waals surface area contributed by atoms with Crippen molar-refractivity contribution in [2.24, 2.45) is 0 Å². The van der Waals surface area contributed by atoms with Crippen LogP contribution in [0.2, 0.25) is 0 Å². The summed E-state index contributed by atoms with van der Waals surface area (Å²) >= 11 is 0. The third-order valence-corrected chi connectivity index (χ3v) is 4.84. The van der Waals surface area contributed by atoms with E-state index in [0.717, 1.165) is 16.8 Å². The Bertz CT molecular complexity index is 1130. The average Bonchev–Trinajstić information content (AvgIpc) is 2.78. The molecule has 1 atom stereocenters. The number of aromatic nitrogens is 2. The first-order valence-corrected chi connectivity index (χ1v) is 9.23. The monoisotopic (exact) mass is 388 g/mol. The van der Waals surface area contributed by atoms with Crippen molar-refractivity contribution < 1.29 is 19.6 Å². The summed E-state index contributed by atoms with van der Waals surface area (Å²) in [6.45, 7) is 0. The number of anilines is 1. The zero-order valence-electron chi connectivity index (χ0n) is 16.2. The van der Waals surface area contributed by atoms with E-state index in [1.165, 1.54) is 0 Å². The molecule has 2 aromatic carbocycles. The van der Waals surface area contributed by atoms with Gasteiger partial charge in [0, 0.05) is 28.8 Å². The molecule has 0 aliphatic rings. The molecule has 0 amide bonds. The van der Waals surface area contributed by atoms with Crippen LogP contribution in [0.4, 0.5) is 5.82 Å². The summed E-state index contributed by atoms with van der Waals surface area (Å²) in [6.07, 6.45) is 3.52. The third kappa shape index (κ3) is 3.65. The molecule has 6 heteroatoms. The Morgan fingerprint density at radius 1 is 0.966 bits per heavy atom. The fraction of sp³-hybridized carbons (Fsp3) is 0.130. The first kappa shape index (κ1) is 18.6. The molecule has 2 aromatic heterocycles. The summed E-state index contributed by atoms with van der Waals surface area (Å²) in [4.78, 5) is 7.54. The number of hydrogen-bond acceptors (Lipinski definition) is 5.